The molecule has 1 aromatic rings. The predicted octanol–water partition coefficient (Wildman–Crippen LogP) is 6.21. The van der Waals surface area contributed by atoms with E-state index >= 15 is 0 Å². The van der Waals surface area contributed by atoms with Gasteiger partial charge in [0.15, 0.2) is 5.75 Å². The fourth-order valence-corrected chi connectivity index (χ4v) is 6.72. The van der Waals surface area contributed by atoms with Gasteiger partial charge in [-0.3, -0.25) is 4.79 Å². The van der Waals surface area contributed by atoms with Gasteiger partial charge in [0.1, 0.15) is 16.8 Å². The van der Waals surface area contributed by atoms with Crippen molar-refractivity contribution in [3.8, 4) is 5.75 Å². The lowest BCUT2D eigenvalue weighted by Gasteiger charge is -2.64. The minimum absolute atomic E-state index is 0.0180. The second kappa shape index (κ2) is 11.1. The van der Waals surface area contributed by atoms with Gasteiger partial charge in [-0.25, -0.2) is 9.59 Å². The molecule has 1 amide bonds. The molecule has 3 saturated carbocycles. The number of ether oxygens (including phenoxy) is 3. The predicted molar refractivity (Wildman–Crippen MR) is 158 cm³/mol. The van der Waals surface area contributed by atoms with Gasteiger partial charge in [0.25, 0.3) is 5.24 Å². The number of hydrogen-bond acceptors (Lipinski definition) is 9. The first-order chi connectivity index (χ1) is 18.8. The standard InChI is InChI=1S/C30H44BNO8S/c1-27(2,3)37-24(33)19-13-11-12-17(23(19)36-26(35)38-28(4,5)6)14-22(32-25(34)41-10)31-39-21-16-18-15-20(29(18,7)8)30(21,9)40-31/h11-13,18,20-22H,14-16H2,1-10H3,(H,32,34)/t18-,20-,21?,22-,30-/m0/s1. The van der Waals surface area contributed by atoms with Crippen LogP contribution in [0.25, 0.3) is 0 Å². The number of amides is 1. The number of rotatable bonds is 6. The van der Waals surface area contributed by atoms with Crippen molar-refractivity contribution in [1.82, 2.24) is 5.32 Å². The van der Waals surface area contributed by atoms with Gasteiger partial charge in [-0.1, -0.05) is 37.7 Å². The van der Waals surface area contributed by atoms with Crippen molar-refractivity contribution in [2.45, 2.75) is 110 Å². The number of esters is 1. The van der Waals surface area contributed by atoms with Crippen LogP contribution in [0.1, 0.15) is 91.1 Å². The van der Waals surface area contributed by atoms with E-state index in [9.17, 15) is 14.4 Å². The molecule has 11 heteroatoms. The number of carbonyl (C=O) groups is 3. The summed E-state index contributed by atoms with van der Waals surface area (Å²) in [5.41, 5.74) is -1.30. The number of hydrogen-bond donors (Lipinski definition) is 1. The molecule has 1 saturated heterocycles. The Hall–Kier alpha value is -2.24. The van der Waals surface area contributed by atoms with Gasteiger partial charge in [0.05, 0.1) is 17.6 Å². The van der Waals surface area contributed by atoms with Crippen LogP contribution in [0.4, 0.5) is 9.59 Å². The number of thioether (sulfide) groups is 1. The van der Waals surface area contributed by atoms with Crippen LogP contribution in [-0.4, -0.2) is 59.6 Å². The molecule has 0 aromatic heterocycles. The summed E-state index contributed by atoms with van der Waals surface area (Å²) in [6.07, 6.45) is 2.84. The van der Waals surface area contributed by atoms with Gasteiger partial charge in [-0.2, -0.15) is 0 Å². The van der Waals surface area contributed by atoms with E-state index in [-0.39, 0.29) is 34.5 Å². The quantitative estimate of drug-likeness (QED) is 0.235. The van der Waals surface area contributed by atoms with E-state index in [4.69, 9.17) is 23.5 Å². The van der Waals surface area contributed by atoms with Gasteiger partial charge in [0.2, 0.25) is 0 Å². The second-order valence-electron chi connectivity index (χ2n) is 14.1. The Kier molecular flexibility index (Phi) is 8.59. The van der Waals surface area contributed by atoms with Gasteiger partial charge >= 0.3 is 19.2 Å². The Balaban J connectivity index is 1.67. The molecule has 0 spiro atoms. The van der Waals surface area contributed by atoms with Crippen molar-refractivity contribution >= 4 is 36.2 Å². The maximum atomic E-state index is 13.2. The van der Waals surface area contributed by atoms with Crippen molar-refractivity contribution in [3.05, 3.63) is 29.3 Å². The molecule has 1 heterocycles. The third-order valence-electron chi connectivity index (χ3n) is 8.52. The van der Waals surface area contributed by atoms with E-state index in [1.54, 1.807) is 66.0 Å². The topological polar surface area (TPSA) is 109 Å². The smallest absolute Gasteiger partial charge is 0.456 e. The lowest BCUT2D eigenvalue weighted by atomic mass is 9.43. The first-order valence-electron chi connectivity index (χ1n) is 14.3. The number of nitrogens with one attached hydrogen (secondary N) is 1. The normalized spacial score (nSPS) is 27.3. The zero-order chi connectivity index (χ0) is 30.5. The molecule has 41 heavy (non-hydrogen) atoms. The molecule has 1 aromatic carbocycles. The summed E-state index contributed by atoms with van der Waals surface area (Å²) < 4.78 is 29.9. The van der Waals surface area contributed by atoms with Gasteiger partial charge in [0, 0.05) is 0 Å². The largest absolute Gasteiger partial charge is 0.514 e. The SMILES string of the molecule is CSC(=O)N[C@@H](Cc1cccc(C(=O)OC(C)(C)C)c1OC(=O)OC(C)(C)C)B1OC2C[C@@H]3C[C@@H](C3(C)C)[C@]2(C)O1. The molecule has 0 radical (unpaired) electrons. The Labute approximate surface area is 248 Å². The molecule has 3 aliphatic carbocycles. The zero-order valence-corrected chi connectivity index (χ0v) is 26.7. The van der Waals surface area contributed by atoms with Crippen LogP contribution in [0.2, 0.25) is 0 Å². The van der Waals surface area contributed by atoms with E-state index in [1.807, 2.05) is 0 Å². The highest BCUT2D eigenvalue weighted by Gasteiger charge is 2.68. The third-order valence-corrected chi connectivity index (χ3v) is 9.00. The average Bonchev–Trinajstić information content (AvgIpc) is 3.19. The maximum absolute atomic E-state index is 13.2. The first-order valence-corrected chi connectivity index (χ1v) is 15.5. The van der Waals surface area contributed by atoms with Crippen molar-refractivity contribution in [1.29, 1.82) is 0 Å². The lowest BCUT2D eigenvalue weighted by molar-refractivity contribution is -0.199. The van der Waals surface area contributed by atoms with E-state index in [0.717, 1.165) is 24.6 Å². The minimum Gasteiger partial charge on any atom is -0.456 e. The lowest BCUT2D eigenvalue weighted by Crippen LogP contribution is -2.65. The summed E-state index contributed by atoms with van der Waals surface area (Å²) in [6.45, 7) is 17.2. The molecular formula is C30H44BNO8S. The van der Waals surface area contributed by atoms with Crippen LogP contribution in [0, 0.1) is 17.3 Å². The number of para-hydroxylation sites is 1. The van der Waals surface area contributed by atoms with E-state index in [1.165, 1.54) is 0 Å². The monoisotopic (exact) mass is 589 g/mol. The highest BCUT2D eigenvalue weighted by molar-refractivity contribution is 8.12. The maximum Gasteiger partial charge on any atom is 0.514 e. The summed E-state index contributed by atoms with van der Waals surface area (Å²) in [5.74, 6) is -0.317. The summed E-state index contributed by atoms with van der Waals surface area (Å²) in [4.78, 5) is 38.7. The third kappa shape index (κ3) is 6.72. The van der Waals surface area contributed by atoms with Gasteiger partial charge < -0.3 is 28.8 Å². The van der Waals surface area contributed by atoms with Crippen LogP contribution in [0.15, 0.2) is 18.2 Å². The molecule has 5 rings (SSSR count). The zero-order valence-electron chi connectivity index (χ0n) is 25.9. The van der Waals surface area contributed by atoms with Crippen LogP contribution in [0.3, 0.4) is 0 Å². The molecule has 1 aliphatic heterocycles. The Morgan fingerprint density at radius 1 is 1.07 bits per heavy atom. The number of benzene rings is 1. The molecular weight excluding hydrogens is 545 g/mol. The Morgan fingerprint density at radius 3 is 2.32 bits per heavy atom. The number of carbonyl (C=O) groups excluding carboxylic acids is 3. The first kappa shape index (κ1) is 31.7. The fourth-order valence-electron chi connectivity index (χ4n) is 6.45. The van der Waals surface area contributed by atoms with Gasteiger partial charge in [-0.05, 0) is 103 Å². The van der Waals surface area contributed by atoms with E-state index in [2.05, 4.69) is 26.1 Å². The summed E-state index contributed by atoms with van der Waals surface area (Å²) in [5, 5.41) is 2.78. The van der Waals surface area contributed by atoms with Gasteiger partial charge in [-0.15, -0.1) is 0 Å². The molecule has 1 unspecified atom stereocenters. The molecule has 9 nitrogen and oxygen atoms in total. The van der Waals surface area contributed by atoms with Crippen molar-refractivity contribution in [2.24, 2.45) is 17.3 Å². The average molecular weight is 590 g/mol. The second-order valence-corrected chi connectivity index (χ2v) is 14.9. The van der Waals surface area contributed by atoms with Crippen molar-refractivity contribution < 1.29 is 37.9 Å². The molecule has 4 fully saturated rings. The summed E-state index contributed by atoms with van der Waals surface area (Å²) in [7, 11) is -0.726. The molecule has 5 atom stereocenters. The summed E-state index contributed by atoms with van der Waals surface area (Å²) >= 11 is 1.05. The molecule has 2 bridgehead atoms. The minimum atomic E-state index is -0.951. The van der Waals surface area contributed by atoms with Crippen LogP contribution >= 0.6 is 11.8 Å². The highest BCUT2D eigenvalue weighted by Crippen LogP contribution is 2.65. The van der Waals surface area contributed by atoms with Crippen LogP contribution in [-0.2, 0) is 25.2 Å². The van der Waals surface area contributed by atoms with Crippen LogP contribution < -0.4 is 10.1 Å². The van der Waals surface area contributed by atoms with Crippen molar-refractivity contribution in [3.63, 3.8) is 0 Å². The summed E-state index contributed by atoms with van der Waals surface area (Å²) in [6, 6.07) is 4.98. The van der Waals surface area contributed by atoms with E-state index < -0.39 is 42.0 Å². The highest BCUT2D eigenvalue weighted by atomic mass is 32.2. The molecule has 1 N–H and O–H groups in total. The van der Waals surface area contributed by atoms with E-state index in [0.29, 0.717) is 17.4 Å². The Bertz CT molecular complexity index is 1190. The molecule has 226 valence electrons. The van der Waals surface area contributed by atoms with Crippen molar-refractivity contribution in [2.75, 3.05) is 6.26 Å². The van der Waals surface area contributed by atoms with Crippen LogP contribution in [0.5, 0.6) is 5.75 Å². The molecule has 4 aliphatic rings. The fraction of sp³-hybridized carbons (Fsp3) is 0.700. The Morgan fingerprint density at radius 2 is 1.73 bits per heavy atom.